The van der Waals surface area contributed by atoms with Crippen LogP contribution in [-0.4, -0.2) is 29.6 Å². The van der Waals surface area contributed by atoms with Crippen molar-refractivity contribution in [1.82, 2.24) is 9.97 Å². The molecule has 0 radical (unpaired) electrons. The molecule has 1 rings (SSSR count). The number of hydrogen-bond donors (Lipinski definition) is 3. The van der Waals surface area contributed by atoms with Gasteiger partial charge in [0.25, 0.3) is 0 Å². The van der Waals surface area contributed by atoms with Crippen molar-refractivity contribution >= 4 is 29.3 Å². The van der Waals surface area contributed by atoms with Gasteiger partial charge in [-0.1, -0.05) is 11.6 Å². The molecule has 0 bridgehead atoms. The molecule has 0 saturated carbocycles. The fourth-order valence-corrected chi connectivity index (χ4v) is 0.947. The summed E-state index contributed by atoms with van der Waals surface area (Å²) < 4.78 is 4.44. The SMILES string of the molecule is COC(=O)CNc1nc(NN)ncc1Cl. The molecule has 15 heavy (non-hydrogen) atoms. The van der Waals surface area contributed by atoms with Gasteiger partial charge in [-0.15, -0.1) is 0 Å². The lowest BCUT2D eigenvalue weighted by Crippen LogP contribution is -2.17. The molecule has 0 aromatic carbocycles. The molecule has 0 atom stereocenters. The highest BCUT2D eigenvalue weighted by Crippen LogP contribution is 2.18. The van der Waals surface area contributed by atoms with Crippen molar-refractivity contribution in [2.75, 3.05) is 24.4 Å². The van der Waals surface area contributed by atoms with E-state index in [-0.39, 0.29) is 17.5 Å². The van der Waals surface area contributed by atoms with Crippen LogP contribution < -0.4 is 16.6 Å². The molecular formula is C7H10ClN5O2. The molecule has 0 aliphatic heterocycles. The number of nitrogen functional groups attached to an aromatic ring is 1. The van der Waals surface area contributed by atoms with Gasteiger partial charge in [-0.2, -0.15) is 4.98 Å². The highest BCUT2D eigenvalue weighted by atomic mass is 35.5. The molecule has 82 valence electrons. The highest BCUT2D eigenvalue weighted by Gasteiger charge is 2.06. The van der Waals surface area contributed by atoms with Gasteiger partial charge in [0.15, 0.2) is 5.82 Å². The van der Waals surface area contributed by atoms with E-state index < -0.39 is 5.97 Å². The summed E-state index contributed by atoms with van der Waals surface area (Å²) >= 11 is 5.77. The number of nitrogens with zero attached hydrogens (tertiary/aromatic N) is 2. The number of halogens is 1. The number of nitrogens with one attached hydrogen (secondary N) is 2. The van der Waals surface area contributed by atoms with Crippen LogP contribution in [0.2, 0.25) is 5.02 Å². The predicted octanol–water partition coefficient (Wildman–Crippen LogP) is 0.000500. The molecule has 0 saturated heterocycles. The Hall–Kier alpha value is -1.60. The first-order valence-electron chi connectivity index (χ1n) is 3.97. The third kappa shape index (κ3) is 3.22. The Morgan fingerprint density at radius 1 is 1.73 bits per heavy atom. The largest absolute Gasteiger partial charge is 0.468 e. The number of hydrogen-bond acceptors (Lipinski definition) is 7. The Morgan fingerprint density at radius 2 is 2.47 bits per heavy atom. The molecular weight excluding hydrogens is 222 g/mol. The third-order valence-electron chi connectivity index (χ3n) is 1.50. The number of anilines is 2. The predicted molar refractivity (Wildman–Crippen MR) is 55.4 cm³/mol. The van der Waals surface area contributed by atoms with Gasteiger partial charge in [-0.25, -0.2) is 10.8 Å². The van der Waals surface area contributed by atoms with E-state index in [2.05, 4.69) is 25.4 Å². The fraction of sp³-hybridized carbons (Fsp3) is 0.286. The van der Waals surface area contributed by atoms with Gasteiger partial charge in [-0.05, 0) is 0 Å². The number of aromatic nitrogens is 2. The van der Waals surface area contributed by atoms with Crippen molar-refractivity contribution in [3.63, 3.8) is 0 Å². The van der Waals surface area contributed by atoms with E-state index in [1.54, 1.807) is 0 Å². The smallest absolute Gasteiger partial charge is 0.325 e. The van der Waals surface area contributed by atoms with Crippen molar-refractivity contribution < 1.29 is 9.53 Å². The minimum Gasteiger partial charge on any atom is -0.468 e. The maximum atomic E-state index is 10.8. The second kappa shape index (κ2) is 5.32. The summed E-state index contributed by atoms with van der Waals surface area (Å²) in [6.07, 6.45) is 1.36. The first-order valence-corrected chi connectivity index (χ1v) is 4.35. The molecule has 7 nitrogen and oxygen atoms in total. The van der Waals surface area contributed by atoms with Gasteiger partial charge < -0.3 is 10.1 Å². The number of rotatable bonds is 4. The summed E-state index contributed by atoms with van der Waals surface area (Å²) in [7, 11) is 1.29. The number of nitrogens with two attached hydrogens (primary N) is 1. The second-order valence-electron chi connectivity index (χ2n) is 2.46. The quantitative estimate of drug-likeness (QED) is 0.381. The lowest BCUT2D eigenvalue weighted by Gasteiger charge is -2.06. The molecule has 0 fully saturated rings. The van der Waals surface area contributed by atoms with Crippen LogP contribution in [0, 0.1) is 0 Å². The number of hydrazine groups is 1. The number of carbonyl (C=O) groups is 1. The van der Waals surface area contributed by atoms with Crippen LogP contribution in [0.1, 0.15) is 0 Å². The van der Waals surface area contributed by atoms with Crippen molar-refractivity contribution in [2.24, 2.45) is 5.84 Å². The third-order valence-corrected chi connectivity index (χ3v) is 1.78. The van der Waals surface area contributed by atoms with E-state index in [1.807, 2.05) is 0 Å². The number of esters is 1. The normalized spacial score (nSPS) is 9.53. The maximum absolute atomic E-state index is 10.8. The zero-order valence-electron chi connectivity index (χ0n) is 7.95. The van der Waals surface area contributed by atoms with Gasteiger partial charge in [0.2, 0.25) is 5.95 Å². The van der Waals surface area contributed by atoms with E-state index in [1.165, 1.54) is 13.3 Å². The van der Waals surface area contributed by atoms with E-state index in [0.717, 1.165) is 0 Å². The molecule has 1 aromatic rings. The summed E-state index contributed by atoms with van der Waals surface area (Å²) in [6.45, 7) is -0.0305. The molecule has 4 N–H and O–H groups in total. The molecule has 1 heterocycles. The molecule has 0 unspecified atom stereocenters. The average Bonchev–Trinajstić information content (AvgIpc) is 2.27. The molecule has 0 aliphatic rings. The van der Waals surface area contributed by atoms with Gasteiger partial charge in [0, 0.05) is 0 Å². The van der Waals surface area contributed by atoms with Crippen LogP contribution in [0.4, 0.5) is 11.8 Å². The van der Waals surface area contributed by atoms with Crippen LogP contribution in [0.3, 0.4) is 0 Å². The van der Waals surface area contributed by atoms with E-state index >= 15 is 0 Å². The van der Waals surface area contributed by atoms with Crippen molar-refractivity contribution in [3.05, 3.63) is 11.2 Å². The van der Waals surface area contributed by atoms with Crippen LogP contribution in [0.25, 0.3) is 0 Å². The maximum Gasteiger partial charge on any atom is 0.325 e. The number of ether oxygens (including phenoxy) is 1. The number of carbonyl (C=O) groups excluding carboxylic acids is 1. The summed E-state index contributed by atoms with van der Waals surface area (Å²) in [4.78, 5) is 18.5. The van der Waals surface area contributed by atoms with E-state index in [4.69, 9.17) is 17.4 Å². The molecule has 0 aliphatic carbocycles. The number of methoxy groups -OCH3 is 1. The molecule has 8 heteroatoms. The standard InChI is InChI=1S/C7H10ClN5O2/c1-15-5(14)3-10-6-4(8)2-11-7(12-6)13-9/h2H,3,9H2,1H3,(H2,10,11,12,13). The fourth-order valence-electron chi connectivity index (χ4n) is 0.789. The van der Waals surface area contributed by atoms with Crippen LogP contribution in [0.15, 0.2) is 6.20 Å². The Bertz CT molecular complexity index is 359. The Balaban J connectivity index is 2.70. The van der Waals surface area contributed by atoms with Crippen molar-refractivity contribution in [2.45, 2.75) is 0 Å². The Labute approximate surface area is 91.0 Å². The first kappa shape index (κ1) is 11.5. The van der Waals surface area contributed by atoms with E-state index in [9.17, 15) is 4.79 Å². The monoisotopic (exact) mass is 231 g/mol. The lowest BCUT2D eigenvalue weighted by atomic mass is 10.5. The zero-order chi connectivity index (χ0) is 11.3. The van der Waals surface area contributed by atoms with Gasteiger partial charge in [0.1, 0.15) is 11.6 Å². The van der Waals surface area contributed by atoms with E-state index in [0.29, 0.717) is 5.82 Å². The summed E-state index contributed by atoms with van der Waals surface area (Å²) in [6, 6.07) is 0. The minimum absolute atomic E-state index is 0.0305. The van der Waals surface area contributed by atoms with Crippen LogP contribution in [-0.2, 0) is 9.53 Å². The zero-order valence-corrected chi connectivity index (χ0v) is 8.71. The van der Waals surface area contributed by atoms with Crippen molar-refractivity contribution in [1.29, 1.82) is 0 Å². The second-order valence-corrected chi connectivity index (χ2v) is 2.87. The molecule has 0 spiro atoms. The first-order chi connectivity index (χ1) is 7.17. The lowest BCUT2D eigenvalue weighted by molar-refractivity contribution is -0.138. The topological polar surface area (TPSA) is 102 Å². The molecule has 0 amide bonds. The van der Waals surface area contributed by atoms with Gasteiger partial charge in [-0.3, -0.25) is 10.2 Å². The van der Waals surface area contributed by atoms with Crippen LogP contribution in [0.5, 0.6) is 0 Å². The van der Waals surface area contributed by atoms with Gasteiger partial charge >= 0.3 is 5.97 Å². The van der Waals surface area contributed by atoms with Crippen LogP contribution >= 0.6 is 11.6 Å². The molecule has 1 aromatic heterocycles. The van der Waals surface area contributed by atoms with Gasteiger partial charge in [0.05, 0.1) is 13.3 Å². The Morgan fingerprint density at radius 3 is 3.07 bits per heavy atom. The highest BCUT2D eigenvalue weighted by molar-refractivity contribution is 6.32. The Kier molecular flexibility index (Phi) is 4.07. The summed E-state index contributed by atoms with van der Waals surface area (Å²) in [5, 5.41) is 2.97. The summed E-state index contributed by atoms with van der Waals surface area (Å²) in [5.41, 5.74) is 2.26. The minimum atomic E-state index is -0.424. The summed E-state index contributed by atoms with van der Waals surface area (Å²) in [5.74, 6) is 5.20. The van der Waals surface area contributed by atoms with Crippen molar-refractivity contribution in [3.8, 4) is 0 Å². The average molecular weight is 232 g/mol.